The van der Waals surface area contributed by atoms with Gasteiger partial charge in [-0.1, -0.05) is 30.3 Å². The Bertz CT molecular complexity index is 912. The molecule has 2 aromatic carbocycles. The topological polar surface area (TPSA) is 32.8 Å². The minimum atomic E-state index is -0.208. The highest BCUT2D eigenvalue weighted by molar-refractivity contribution is 5.82. The summed E-state index contributed by atoms with van der Waals surface area (Å²) >= 11 is 0. The van der Waals surface area contributed by atoms with Crippen molar-refractivity contribution in [3.63, 3.8) is 0 Å². The molecular formula is C25H29FN2O2. The number of hydrogen-bond acceptors (Lipinski definition) is 3. The van der Waals surface area contributed by atoms with Gasteiger partial charge in [0.2, 0.25) is 5.91 Å². The Kier molecular flexibility index (Phi) is 5.23. The van der Waals surface area contributed by atoms with Crippen LogP contribution >= 0.6 is 0 Å². The number of methoxy groups -OCH3 is 1. The van der Waals surface area contributed by atoms with Crippen molar-refractivity contribution in [2.45, 2.75) is 37.8 Å². The summed E-state index contributed by atoms with van der Waals surface area (Å²) in [5, 5.41) is 0. The van der Waals surface area contributed by atoms with E-state index >= 15 is 0 Å². The summed E-state index contributed by atoms with van der Waals surface area (Å²) in [4.78, 5) is 17.6. The molecule has 1 amide bonds. The predicted molar refractivity (Wildman–Crippen MR) is 114 cm³/mol. The van der Waals surface area contributed by atoms with Gasteiger partial charge in [0.05, 0.1) is 7.11 Å². The van der Waals surface area contributed by atoms with Crippen LogP contribution in [0.1, 0.15) is 36.3 Å². The van der Waals surface area contributed by atoms with E-state index in [1.807, 2.05) is 24.3 Å². The summed E-state index contributed by atoms with van der Waals surface area (Å²) in [6, 6.07) is 15.4. The SMILES string of the molecule is COc1ccccc1CN1CC[C@@H]2[C@H](C1)[C@@H](c1ccc(F)cc1)CN2C(=O)C1CC1. The molecule has 4 nitrogen and oxygen atoms in total. The molecule has 158 valence electrons. The third-order valence-corrected chi connectivity index (χ3v) is 7.11. The van der Waals surface area contributed by atoms with Crippen LogP contribution in [0.3, 0.4) is 0 Å². The minimum Gasteiger partial charge on any atom is -0.496 e. The average Bonchev–Trinajstić information content (AvgIpc) is 3.55. The fourth-order valence-electron chi connectivity index (χ4n) is 5.40. The number of fused-ring (bicyclic) bond motifs is 1. The molecule has 2 aromatic rings. The fourth-order valence-corrected chi connectivity index (χ4v) is 5.40. The van der Waals surface area contributed by atoms with Crippen LogP contribution in [0.5, 0.6) is 5.75 Å². The van der Waals surface area contributed by atoms with Gasteiger partial charge in [-0.3, -0.25) is 9.69 Å². The Hall–Kier alpha value is -2.40. The van der Waals surface area contributed by atoms with Gasteiger partial charge in [0.15, 0.2) is 0 Å². The lowest BCUT2D eigenvalue weighted by atomic mass is 9.81. The first-order chi connectivity index (χ1) is 14.6. The summed E-state index contributed by atoms with van der Waals surface area (Å²) in [5.41, 5.74) is 2.34. The van der Waals surface area contributed by atoms with Crippen molar-refractivity contribution in [1.29, 1.82) is 0 Å². The van der Waals surface area contributed by atoms with Crippen molar-refractivity contribution in [3.8, 4) is 5.75 Å². The smallest absolute Gasteiger partial charge is 0.225 e. The maximum absolute atomic E-state index is 13.5. The van der Waals surface area contributed by atoms with Crippen LogP contribution in [0, 0.1) is 17.7 Å². The van der Waals surface area contributed by atoms with E-state index in [2.05, 4.69) is 21.9 Å². The molecule has 1 aliphatic carbocycles. The lowest BCUT2D eigenvalue weighted by Crippen LogP contribution is -2.48. The van der Waals surface area contributed by atoms with Gasteiger partial charge in [0.25, 0.3) is 0 Å². The Morgan fingerprint density at radius 2 is 1.83 bits per heavy atom. The van der Waals surface area contributed by atoms with Crippen LogP contribution in [0.2, 0.25) is 0 Å². The number of amides is 1. The molecule has 5 rings (SSSR count). The number of likely N-dealkylation sites (tertiary alicyclic amines) is 2. The van der Waals surface area contributed by atoms with Gasteiger partial charge in [0.1, 0.15) is 11.6 Å². The first-order valence-electron chi connectivity index (χ1n) is 11.0. The lowest BCUT2D eigenvalue weighted by Gasteiger charge is -2.39. The van der Waals surface area contributed by atoms with E-state index in [9.17, 15) is 9.18 Å². The lowest BCUT2D eigenvalue weighted by molar-refractivity contribution is -0.134. The molecule has 0 N–H and O–H groups in total. The number of nitrogens with zero attached hydrogens (tertiary/aromatic N) is 2. The number of para-hydroxylation sites is 1. The molecule has 3 atom stereocenters. The van der Waals surface area contributed by atoms with E-state index in [4.69, 9.17) is 4.74 Å². The molecule has 0 radical (unpaired) electrons. The quantitative estimate of drug-likeness (QED) is 0.748. The predicted octanol–water partition coefficient (Wildman–Crippen LogP) is 4.06. The van der Waals surface area contributed by atoms with Gasteiger partial charge in [-0.25, -0.2) is 4.39 Å². The molecule has 30 heavy (non-hydrogen) atoms. The average molecular weight is 409 g/mol. The van der Waals surface area contributed by atoms with Gasteiger partial charge in [-0.2, -0.15) is 0 Å². The van der Waals surface area contributed by atoms with E-state index in [0.717, 1.165) is 56.8 Å². The van der Waals surface area contributed by atoms with Gasteiger partial charge >= 0.3 is 0 Å². The Balaban J connectivity index is 1.38. The molecule has 2 aliphatic heterocycles. The molecular weight excluding hydrogens is 379 g/mol. The second kappa shape index (κ2) is 8.03. The number of piperidine rings is 1. The second-order valence-corrected chi connectivity index (χ2v) is 8.99. The Morgan fingerprint density at radius 1 is 1.07 bits per heavy atom. The molecule has 0 spiro atoms. The zero-order valence-electron chi connectivity index (χ0n) is 17.5. The van der Waals surface area contributed by atoms with Crippen LogP contribution in [0.15, 0.2) is 48.5 Å². The van der Waals surface area contributed by atoms with E-state index in [0.29, 0.717) is 17.9 Å². The van der Waals surface area contributed by atoms with Crippen molar-refractivity contribution >= 4 is 5.91 Å². The summed E-state index contributed by atoms with van der Waals surface area (Å²) in [7, 11) is 1.72. The fraction of sp³-hybridized carbons (Fsp3) is 0.480. The highest BCUT2D eigenvalue weighted by Crippen LogP contribution is 2.44. The van der Waals surface area contributed by atoms with Crippen LogP contribution in [0.25, 0.3) is 0 Å². The van der Waals surface area contributed by atoms with E-state index in [1.165, 1.54) is 5.56 Å². The summed E-state index contributed by atoms with van der Waals surface area (Å²) < 4.78 is 19.1. The minimum absolute atomic E-state index is 0.208. The van der Waals surface area contributed by atoms with Gasteiger partial charge in [0, 0.05) is 55.5 Å². The number of benzene rings is 2. The molecule has 3 fully saturated rings. The van der Waals surface area contributed by atoms with Crippen molar-refractivity contribution in [1.82, 2.24) is 9.80 Å². The van der Waals surface area contributed by atoms with Crippen molar-refractivity contribution in [2.75, 3.05) is 26.7 Å². The van der Waals surface area contributed by atoms with Gasteiger partial charge < -0.3 is 9.64 Å². The zero-order chi connectivity index (χ0) is 20.7. The first kappa shape index (κ1) is 19.6. The van der Waals surface area contributed by atoms with E-state index in [-0.39, 0.29) is 17.7 Å². The van der Waals surface area contributed by atoms with Crippen LogP contribution in [-0.4, -0.2) is 48.5 Å². The molecule has 3 aliphatic rings. The largest absolute Gasteiger partial charge is 0.496 e. The number of ether oxygens (including phenoxy) is 1. The highest BCUT2D eigenvalue weighted by Gasteiger charge is 2.49. The van der Waals surface area contributed by atoms with E-state index in [1.54, 1.807) is 19.2 Å². The number of hydrogen-bond donors (Lipinski definition) is 0. The number of rotatable bonds is 5. The third kappa shape index (κ3) is 3.71. The normalized spacial score (nSPS) is 26.5. The molecule has 5 heteroatoms. The number of carbonyl (C=O) groups is 1. The zero-order valence-corrected chi connectivity index (χ0v) is 17.5. The standard InChI is InChI=1S/C25H29FN2O2/c1-30-24-5-3-2-4-19(24)14-27-13-12-23-22(15-27)21(17-8-10-20(26)11-9-17)16-28(23)25(29)18-6-7-18/h2-5,8-11,18,21-23H,6-7,12-16H2,1H3/t21-,22-,23-/m1/s1. The molecule has 1 saturated carbocycles. The first-order valence-corrected chi connectivity index (χ1v) is 11.0. The Labute approximate surface area is 177 Å². The van der Waals surface area contributed by atoms with Gasteiger partial charge in [-0.05, 0) is 43.0 Å². The molecule has 0 unspecified atom stereocenters. The monoisotopic (exact) mass is 408 g/mol. The van der Waals surface area contributed by atoms with Crippen LogP contribution in [0.4, 0.5) is 4.39 Å². The van der Waals surface area contributed by atoms with Crippen molar-refractivity contribution < 1.29 is 13.9 Å². The highest BCUT2D eigenvalue weighted by atomic mass is 19.1. The number of halogens is 1. The van der Waals surface area contributed by atoms with Crippen LogP contribution in [-0.2, 0) is 11.3 Å². The summed E-state index contributed by atoms with van der Waals surface area (Å²) in [6.45, 7) is 3.53. The van der Waals surface area contributed by atoms with Crippen molar-refractivity contribution in [3.05, 3.63) is 65.5 Å². The molecule has 0 aromatic heterocycles. The van der Waals surface area contributed by atoms with E-state index < -0.39 is 0 Å². The summed E-state index contributed by atoms with van der Waals surface area (Å²) in [6.07, 6.45) is 3.07. The third-order valence-electron chi connectivity index (χ3n) is 7.11. The van der Waals surface area contributed by atoms with Gasteiger partial charge in [-0.15, -0.1) is 0 Å². The maximum Gasteiger partial charge on any atom is 0.225 e. The Morgan fingerprint density at radius 3 is 2.57 bits per heavy atom. The molecule has 0 bridgehead atoms. The molecule has 2 heterocycles. The number of carbonyl (C=O) groups excluding carboxylic acids is 1. The second-order valence-electron chi connectivity index (χ2n) is 8.99. The maximum atomic E-state index is 13.5. The summed E-state index contributed by atoms with van der Waals surface area (Å²) in [5.74, 6) is 1.93. The van der Waals surface area contributed by atoms with Crippen molar-refractivity contribution in [2.24, 2.45) is 11.8 Å². The van der Waals surface area contributed by atoms with Crippen LogP contribution < -0.4 is 4.74 Å². The molecule has 2 saturated heterocycles.